The van der Waals surface area contributed by atoms with Crippen LogP contribution in [0.2, 0.25) is 0 Å². The second-order valence-electron chi connectivity index (χ2n) is 6.28. The van der Waals surface area contributed by atoms with Crippen LogP contribution in [0.25, 0.3) is 11.6 Å². The number of amides is 1. The van der Waals surface area contributed by atoms with E-state index in [1.807, 2.05) is 25.1 Å². The third-order valence-corrected chi connectivity index (χ3v) is 4.46. The van der Waals surface area contributed by atoms with Crippen molar-refractivity contribution in [3.05, 3.63) is 51.8 Å². The summed E-state index contributed by atoms with van der Waals surface area (Å²) in [4.78, 5) is 37.5. The fraction of sp³-hybridized carbons (Fsp3) is 0.211. The molecule has 1 amide bonds. The van der Waals surface area contributed by atoms with E-state index in [1.165, 1.54) is 0 Å². The summed E-state index contributed by atoms with van der Waals surface area (Å²) >= 11 is 0. The molecule has 0 spiro atoms. The number of H-pyrrole nitrogens is 1. The van der Waals surface area contributed by atoms with Crippen LogP contribution >= 0.6 is 0 Å². The average molecular weight is 354 g/mol. The minimum atomic E-state index is -1.13. The van der Waals surface area contributed by atoms with Gasteiger partial charge in [-0.1, -0.05) is 11.6 Å². The lowest BCUT2D eigenvalue weighted by molar-refractivity contribution is -0.137. The molecule has 3 rings (SSSR count). The van der Waals surface area contributed by atoms with Gasteiger partial charge >= 0.3 is 11.9 Å². The molecule has 2 heterocycles. The van der Waals surface area contributed by atoms with Crippen molar-refractivity contribution < 1.29 is 24.6 Å². The van der Waals surface area contributed by atoms with E-state index in [0.29, 0.717) is 28.1 Å². The predicted octanol–water partition coefficient (Wildman–Crippen LogP) is 2.84. The Hall–Kier alpha value is -3.35. The first-order chi connectivity index (χ1) is 12.3. The van der Waals surface area contributed by atoms with Gasteiger partial charge < -0.3 is 20.5 Å². The van der Waals surface area contributed by atoms with Crippen LogP contribution in [0.15, 0.2) is 18.2 Å². The fourth-order valence-electron chi connectivity index (χ4n) is 3.14. The molecule has 0 saturated carbocycles. The molecule has 7 nitrogen and oxygen atoms in total. The number of fused-ring (bicyclic) bond motifs is 1. The van der Waals surface area contributed by atoms with E-state index >= 15 is 0 Å². The van der Waals surface area contributed by atoms with Crippen LogP contribution in [-0.4, -0.2) is 33.0 Å². The van der Waals surface area contributed by atoms with Gasteiger partial charge in [-0.3, -0.25) is 9.59 Å². The molecule has 4 N–H and O–H groups in total. The van der Waals surface area contributed by atoms with Gasteiger partial charge in [-0.15, -0.1) is 0 Å². The van der Waals surface area contributed by atoms with E-state index in [1.54, 1.807) is 13.0 Å². The Labute approximate surface area is 149 Å². The zero-order chi connectivity index (χ0) is 19.0. The number of aromatic carboxylic acids is 1. The van der Waals surface area contributed by atoms with Gasteiger partial charge in [0.05, 0.1) is 5.57 Å². The van der Waals surface area contributed by atoms with Crippen molar-refractivity contribution in [2.24, 2.45) is 0 Å². The Morgan fingerprint density at radius 3 is 2.58 bits per heavy atom. The van der Waals surface area contributed by atoms with E-state index < -0.39 is 11.9 Å². The van der Waals surface area contributed by atoms with Crippen molar-refractivity contribution in [2.75, 3.05) is 5.32 Å². The minimum absolute atomic E-state index is 0.000101. The number of anilines is 1. The normalized spacial score (nSPS) is 14.4. The molecule has 1 aliphatic heterocycles. The monoisotopic (exact) mass is 354 g/mol. The molecule has 0 unspecified atom stereocenters. The molecule has 7 heteroatoms. The van der Waals surface area contributed by atoms with Gasteiger partial charge in [0.15, 0.2) is 0 Å². The van der Waals surface area contributed by atoms with Gasteiger partial charge in [-0.05, 0) is 49.6 Å². The molecule has 2 aromatic rings. The van der Waals surface area contributed by atoms with Gasteiger partial charge in [0.25, 0.3) is 5.91 Å². The highest BCUT2D eigenvalue weighted by Crippen LogP contribution is 2.34. The zero-order valence-corrected chi connectivity index (χ0v) is 14.3. The highest BCUT2D eigenvalue weighted by atomic mass is 16.4. The standard InChI is InChI=1S/C19H18N2O5/c1-9-3-5-14-12(7-9)13(18(24)21-14)8-15-11(4-6-16(22)23)10(2)17(20-15)19(25)26/h3,5,7-8,20H,4,6H2,1-2H3,(H,21,24)(H,22,23)(H,25,26). The maximum atomic E-state index is 12.3. The number of carbonyl (C=O) groups is 3. The van der Waals surface area contributed by atoms with Gasteiger partial charge in [0, 0.05) is 23.4 Å². The van der Waals surface area contributed by atoms with Crippen LogP contribution in [-0.2, 0) is 16.0 Å². The van der Waals surface area contributed by atoms with Crippen LogP contribution in [0.4, 0.5) is 5.69 Å². The summed E-state index contributed by atoms with van der Waals surface area (Å²) in [6.07, 6.45) is 1.64. The Balaban J connectivity index is 2.12. The number of rotatable bonds is 5. The Morgan fingerprint density at radius 1 is 1.19 bits per heavy atom. The summed E-state index contributed by atoms with van der Waals surface area (Å²) in [6.45, 7) is 3.55. The second-order valence-corrected chi connectivity index (χ2v) is 6.28. The molecule has 0 fully saturated rings. The molecule has 0 atom stereocenters. The summed E-state index contributed by atoms with van der Waals surface area (Å²) in [7, 11) is 0. The van der Waals surface area contributed by atoms with Crippen molar-refractivity contribution in [1.82, 2.24) is 4.98 Å². The topological polar surface area (TPSA) is 119 Å². The molecule has 26 heavy (non-hydrogen) atoms. The average Bonchev–Trinajstić information content (AvgIpc) is 3.03. The molecule has 1 aromatic heterocycles. The van der Waals surface area contributed by atoms with Gasteiger partial charge in [0.2, 0.25) is 0 Å². The van der Waals surface area contributed by atoms with Crippen LogP contribution in [0.1, 0.15) is 44.9 Å². The maximum Gasteiger partial charge on any atom is 0.352 e. The van der Waals surface area contributed by atoms with Crippen molar-refractivity contribution in [1.29, 1.82) is 0 Å². The molecule has 0 radical (unpaired) electrons. The zero-order valence-electron chi connectivity index (χ0n) is 14.3. The summed E-state index contributed by atoms with van der Waals surface area (Å²) in [6, 6.07) is 5.59. The number of aromatic nitrogens is 1. The maximum absolute atomic E-state index is 12.3. The Bertz CT molecular complexity index is 969. The lowest BCUT2D eigenvalue weighted by Crippen LogP contribution is -2.04. The largest absolute Gasteiger partial charge is 0.481 e. The highest BCUT2D eigenvalue weighted by molar-refractivity contribution is 6.35. The smallest absolute Gasteiger partial charge is 0.352 e. The first-order valence-corrected chi connectivity index (χ1v) is 8.08. The SMILES string of the molecule is Cc1ccc2c(c1)C(=Cc1[nH]c(C(=O)O)c(C)c1CCC(=O)O)C(=O)N2. The Kier molecular flexibility index (Phi) is 4.38. The molecule has 1 aromatic carbocycles. The van der Waals surface area contributed by atoms with Crippen LogP contribution in [0.3, 0.4) is 0 Å². The lowest BCUT2D eigenvalue weighted by atomic mass is 10.00. The number of carbonyl (C=O) groups excluding carboxylic acids is 1. The number of aryl methyl sites for hydroxylation is 1. The first kappa shape index (κ1) is 17.5. The number of aliphatic carboxylic acids is 1. The van der Waals surface area contributed by atoms with Crippen LogP contribution in [0.5, 0.6) is 0 Å². The summed E-state index contributed by atoms with van der Waals surface area (Å²) in [5.74, 6) is -2.38. The molecule has 134 valence electrons. The molecule has 1 aliphatic rings. The lowest BCUT2D eigenvalue weighted by Gasteiger charge is -2.03. The summed E-state index contributed by atoms with van der Waals surface area (Å²) in [5.41, 5.74) is 4.36. The van der Waals surface area contributed by atoms with Crippen molar-refractivity contribution in [3.8, 4) is 0 Å². The number of carboxylic acid groups (broad SMARTS) is 2. The number of hydrogen-bond donors (Lipinski definition) is 4. The molecular weight excluding hydrogens is 336 g/mol. The molecule has 0 aliphatic carbocycles. The van der Waals surface area contributed by atoms with Gasteiger partial charge in [0.1, 0.15) is 5.69 Å². The number of aromatic amines is 1. The van der Waals surface area contributed by atoms with E-state index in [9.17, 15) is 19.5 Å². The predicted molar refractivity (Wildman–Crippen MR) is 96.1 cm³/mol. The number of nitrogens with one attached hydrogen (secondary N) is 2. The van der Waals surface area contributed by atoms with Crippen molar-refractivity contribution in [2.45, 2.75) is 26.7 Å². The van der Waals surface area contributed by atoms with Crippen LogP contribution in [0, 0.1) is 13.8 Å². The molecule has 0 bridgehead atoms. The summed E-state index contributed by atoms with van der Waals surface area (Å²) < 4.78 is 0. The van der Waals surface area contributed by atoms with Crippen molar-refractivity contribution in [3.63, 3.8) is 0 Å². The van der Waals surface area contributed by atoms with E-state index in [4.69, 9.17) is 5.11 Å². The molecule has 0 saturated heterocycles. The summed E-state index contributed by atoms with van der Waals surface area (Å²) in [5, 5.41) is 21.1. The Morgan fingerprint density at radius 2 is 1.92 bits per heavy atom. The first-order valence-electron chi connectivity index (χ1n) is 8.08. The van der Waals surface area contributed by atoms with E-state index in [-0.39, 0.29) is 24.4 Å². The quantitative estimate of drug-likeness (QED) is 0.616. The highest BCUT2D eigenvalue weighted by Gasteiger charge is 2.26. The van der Waals surface area contributed by atoms with Crippen molar-refractivity contribution >= 4 is 35.2 Å². The minimum Gasteiger partial charge on any atom is -0.481 e. The van der Waals surface area contributed by atoms with Crippen LogP contribution < -0.4 is 5.32 Å². The van der Waals surface area contributed by atoms with Gasteiger partial charge in [-0.2, -0.15) is 0 Å². The number of benzene rings is 1. The van der Waals surface area contributed by atoms with E-state index in [0.717, 1.165) is 11.1 Å². The number of hydrogen-bond acceptors (Lipinski definition) is 3. The molecular formula is C19H18N2O5. The third kappa shape index (κ3) is 3.11. The second kappa shape index (κ2) is 6.51. The number of carboxylic acids is 2. The van der Waals surface area contributed by atoms with E-state index in [2.05, 4.69) is 10.3 Å². The van der Waals surface area contributed by atoms with Gasteiger partial charge in [-0.25, -0.2) is 4.79 Å². The fourth-order valence-corrected chi connectivity index (χ4v) is 3.14. The third-order valence-electron chi connectivity index (χ3n) is 4.46.